The largest absolute Gasteiger partial charge is 0.508 e. The number of rotatable bonds is 2. The fraction of sp³-hybridized carbons (Fsp3) is 0.0909. The van der Waals surface area contributed by atoms with Crippen molar-refractivity contribution in [3.8, 4) is 11.6 Å². The lowest BCUT2D eigenvalue weighted by atomic mass is 10.0. The summed E-state index contributed by atoms with van der Waals surface area (Å²) in [5.41, 5.74) is 0.224. The minimum absolute atomic E-state index is 0.0283. The third-order valence-electron chi connectivity index (χ3n) is 5.17. The number of amides is 1. The molecule has 31 heavy (non-hydrogen) atoms. The van der Waals surface area contributed by atoms with Crippen molar-refractivity contribution in [1.29, 1.82) is 0 Å². The van der Waals surface area contributed by atoms with Gasteiger partial charge in [-0.3, -0.25) is 9.59 Å². The van der Waals surface area contributed by atoms with Gasteiger partial charge >= 0.3 is 0 Å². The number of nitrogens with zero attached hydrogens (tertiary/aromatic N) is 3. The minimum Gasteiger partial charge on any atom is -0.508 e. The van der Waals surface area contributed by atoms with Crippen molar-refractivity contribution in [3.05, 3.63) is 93.7 Å². The van der Waals surface area contributed by atoms with E-state index in [-0.39, 0.29) is 40.3 Å². The normalized spacial score (nSPS) is 15.2. The summed E-state index contributed by atoms with van der Waals surface area (Å²) in [5, 5.41) is 12.2. The van der Waals surface area contributed by atoms with Crippen molar-refractivity contribution in [2.75, 3.05) is 0 Å². The molecule has 5 rings (SSSR count). The van der Waals surface area contributed by atoms with Crippen molar-refractivity contribution >= 4 is 16.8 Å². The van der Waals surface area contributed by atoms with E-state index < -0.39 is 29.1 Å². The van der Waals surface area contributed by atoms with Crippen LogP contribution in [0.4, 0.5) is 8.78 Å². The van der Waals surface area contributed by atoms with Crippen LogP contribution in [-0.2, 0) is 6.42 Å². The number of phenolic OH excluding ortho intramolecular Hbond substituents is 1. The molecule has 0 bridgehead atoms. The average molecular weight is 420 g/mol. The summed E-state index contributed by atoms with van der Waals surface area (Å²) < 4.78 is 28.9. The molecule has 0 radical (unpaired) electrons. The van der Waals surface area contributed by atoms with Crippen LogP contribution in [0.3, 0.4) is 0 Å². The van der Waals surface area contributed by atoms with Gasteiger partial charge in [-0.15, -0.1) is 0 Å². The third kappa shape index (κ3) is 3.10. The number of aromatic hydroxyl groups is 1. The molecule has 1 atom stereocenters. The van der Waals surface area contributed by atoms with Crippen molar-refractivity contribution in [1.82, 2.24) is 19.9 Å². The Bertz CT molecular complexity index is 1420. The molecule has 2 aromatic carbocycles. The maximum atomic E-state index is 13.8. The molecule has 1 amide bonds. The predicted octanol–water partition coefficient (Wildman–Crippen LogP) is 2.79. The SMILES string of the molecule is O=C1NC(Cc2ccc(O)cc2)c2nc3cc(F)c(F)cc3c(=O)n2-c2ncccc21. The first kappa shape index (κ1) is 18.9. The summed E-state index contributed by atoms with van der Waals surface area (Å²) in [6.45, 7) is 0. The Balaban J connectivity index is 1.79. The quantitative estimate of drug-likeness (QED) is 0.520. The standard InChI is InChI=1S/C22H14F2N4O3/c23-15-9-14-17(10-16(15)24)26-20-18(8-11-3-5-12(29)6-4-11)27-21(30)13-2-1-7-25-19(13)28(20)22(14)31/h1-7,9-10,18,29H,8H2,(H,27,30). The predicted molar refractivity (Wildman–Crippen MR) is 107 cm³/mol. The van der Waals surface area contributed by atoms with Crippen LogP contribution in [0, 0.1) is 11.6 Å². The fourth-order valence-electron chi connectivity index (χ4n) is 3.70. The number of hydrogen-bond acceptors (Lipinski definition) is 5. The molecule has 0 saturated carbocycles. The summed E-state index contributed by atoms with van der Waals surface area (Å²) >= 11 is 0. The highest BCUT2D eigenvalue weighted by atomic mass is 19.2. The Kier molecular flexibility index (Phi) is 4.25. The smallest absolute Gasteiger partial charge is 0.267 e. The van der Waals surface area contributed by atoms with Crippen LogP contribution in [0.2, 0.25) is 0 Å². The molecule has 4 aromatic rings. The first-order valence-electron chi connectivity index (χ1n) is 9.38. The fourth-order valence-corrected chi connectivity index (χ4v) is 3.70. The van der Waals surface area contributed by atoms with E-state index >= 15 is 0 Å². The van der Waals surface area contributed by atoms with Crippen molar-refractivity contribution in [2.45, 2.75) is 12.5 Å². The number of hydrogen-bond donors (Lipinski definition) is 2. The second kappa shape index (κ2) is 6.98. The van der Waals surface area contributed by atoms with Crippen molar-refractivity contribution < 1.29 is 18.7 Å². The zero-order chi connectivity index (χ0) is 21.7. The molecular formula is C22H14F2N4O3. The van der Waals surface area contributed by atoms with Crippen LogP contribution in [0.25, 0.3) is 16.7 Å². The number of phenols is 1. The van der Waals surface area contributed by atoms with Crippen LogP contribution in [0.15, 0.2) is 59.5 Å². The molecule has 9 heteroatoms. The van der Waals surface area contributed by atoms with E-state index in [0.717, 1.165) is 22.3 Å². The number of aromatic nitrogens is 3. The van der Waals surface area contributed by atoms with Gasteiger partial charge in [-0.25, -0.2) is 23.3 Å². The molecule has 0 fully saturated rings. The molecule has 2 N–H and O–H groups in total. The highest BCUT2D eigenvalue weighted by Crippen LogP contribution is 2.27. The highest BCUT2D eigenvalue weighted by Gasteiger charge is 2.30. The van der Waals surface area contributed by atoms with Gasteiger partial charge in [-0.2, -0.15) is 0 Å². The molecule has 3 heterocycles. The lowest BCUT2D eigenvalue weighted by Crippen LogP contribution is -2.32. The van der Waals surface area contributed by atoms with E-state index in [1.807, 2.05) is 0 Å². The van der Waals surface area contributed by atoms with E-state index in [9.17, 15) is 23.5 Å². The van der Waals surface area contributed by atoms with Crippen LogP contribution < -0.4 is 10.9 Å². The minimum atomic E-state index is -1.17. The average Bonchev–Trinajstić information content (AvgIpc) is 2.87. The number of carbonyl (C=O) groups is 1. The summed E-state index contributed by atoms with van der Waals surface area (Å²) in [7, 11) is 0. The molecule has 1 aliphatic rings. The van der Waals surface area contributed by atoms with Gasteiger partial charge < -0.3 is 10.4 Å². The summed E-state index contributed by atoms with van der Waals surface area (Å²) in [6, 6.07) is 10.3. The molecule has 0 saturated heterocycles. The Morgan fingerprint density at radius 3 is 2.58 bits per heavy atom. The number of pyridine rings is 1. The maximum absolute atomic E-state index is 13.8. The van der Waals surface area contributed by atoms with E-state index in [1.165, 1.54) is 24.4 Å². The van der Waals surface area contributed by atoms with Crippen molar-refractivity contribution in [2.24, 2.45) is 0 Å². The van der Waals surface area contributed by atoms with Gasteiger partial charge in [0.05, 0.1) is 22.5 Å². The maximum Gasteiger partial charge on any atom is 0.267 e. The molecule has 2 aromatic heterocycles. The van der Waals surface area contributed by atoms with Crippen LogP contribution in [0.5, 0.6) is 5.75 Å². The number of benzene rings is 2. The monoisotopic (exact) mass is 420 g/mol. The van der Waals surface area contributed by atoms with E-state index in [0.29, 0.717) is 0 Å². The van der Waals surface area contributed by atoms with E-state index in [2.05, 4.69) is 15.3 Å². The van der Waals surface area contributed by atoms with Gasteiger partial charge in [0, 0.05) is 12.3 Å². The van der Waals surface area contributed by atoms with Gasteiger partial charge in [0.2, 0.25) is 0 Å². The van der Waals surface area contributed by atoms with Crippen LogP contribution in [0.1, 0.15) is 27.8 Å². The number of nitrogens with one attached hydrogen (secondary N) is 1. The van der Waals surface area contributed by atoms with Gasteiger partial charge in [0.1, 0.15) is 11.6 Å². The molecule has 1 aliphatic heterocycles. The Morgan fingerprint density at radius 2 is 1.81 bits per heavy atom. The summed E-state index contributed by atoms with van der Waals surface area (Å²) in [4.78, 5) is 34.8. The number of halogens is 2. The molecule has 1 unspecified atom stereocenters. The molecule has 0 aliphatic carbocycles. The first-order valence-corrected chi connectivity index (χ1v) is 9.38. The van der Waals surface area contributed by atoms with Gasteiger partial charge in [-0.1, -0.05) is 12.1 Å². The van der Waals surface area contributed by atoms with E-state index in [1.54, 1.807) is 18.2 Å². The molecule has 7 nitrogen and oxygen atoms in total. The van der Waals surface area contributed by atoms with Crippen LogP contribution in [-0.4, -0.2) is 25.5 Å². The van der Waals surface area contributed by atoms with Crippen molar-refractivity contribution in [3.63, 3.8) is 0 Å². The topological polar surface area (TPSA) is 97.1 Å². The second-order valence-corrected chi connectivity index (χ2v) is 7.17. The lowest BCUT2D eigenvalue weighted by molar-refractivity contribution is 0.0937. The molecule has 154 valence electrons. The van der Waals surface area contributed by atoms with Gasteiger partial charge in [0.25, 0.3) is 11.5 Å². The lowest BCUT2D eigenvalue weighted by Gasteiger charge is -2.19. The molecule has 0 spiro atoms. The van der Waals surface area contributed by atoms with Gasteiger partial charge in [-0.05, 0) is 42.3 Å². The second-order valence-electron chi connectivity index (χ2n) is 7.17. The highest BCUT2D eigenvalue weighted by molar-refractivity contribution is 5.98. The zero-order valence-electron chi connectivity index (χ0n) is 15.8. The van der Waals surface area contributed by atoms with E-state index in [4.69, 9.17) is 0 Å². The Morgan fingerprint density at radius 1 is 1.06 bits per heavy atom. The zero-order valence-corrected chi connectivity index (χ0v) is 15.8. The third-order valence-corrected chi connectivity index (χ3v) is 5.17. The number of fused-ring (bicyclic) bond motifs is 4. The Hall–Kier alpha value is -4.14. The van der Waals surface area contributed by atoms with Crippen LogP contribution >= 0.6 is 0 Å². The van der Waals surface area contributed by atoms with Gasteiger partial charge in [0.15, 0.2) is 17.5 Å². The number of carbonyl (C=O) groups excluding carboxylic acids is 1. The first-order chi connectivity index (χ1) is 14.9. The molecular weight excluding hydrogens is 406 g/mol. The summed E-state index contributed by atoms with van der Waals surface area (Å²) in [6.07, 6.45) is 1.67. The Labute approximate surface area is 173 Å². The summed E-state index contributed by atoms with van der Waals surface area (Å²) in [5.74, 6) is -2.47.